The first-order chi connectivity index (χ1) is 12.6. The Bertz CT molecular complexity index is 471. The van der Waals surface area contributed by atoms with Crippen LogP contribution in [0.3, 0.4) is 0 Å². The maximum Gasteiger partial charge on any atom is 0.407 e. The third-order valence-electron chi connectivity index (χ3n) is 4.07. The molecule has 0 saturated carbocycles. The SMILES string of the molecule is CN=C(NCC(NC(=O)OC(C)(C)C)C(C)C)NC(C)COC1CCOC1. The quantitative estimate of drug-likeness (QED) is 0.436. The van der Waals surface area contributed by atoms with Gasteiger partial charge in [-0.05, 0) is 40.0 Å². The Hall–Kier alpha value is -1.54. The summed E-state index contributed by atoms with van der Waals surface area (Å²) in [5, 5.41) is 9.49. The maximum atomic E-state index is 12.0. The summed E-state index contributed by atoms with van der Waals surface area (Å²) in [7, 11) is 1.72. The molecule has 0 aromatic heterocycles. The van der Waals surface area contributed by atoms with Gasteiger partial charge in [0.15, 0.2) is 5.96 Å². The number of rotatable bonds is 8. The van der Waals surface area contributed by atoms with Crippen molar-refractivity contribution >= 4 is 12.1 Å². The lowest BCUT2D eigenvalue weighted by Gasteiger charge is -2.27. The van der Waals surface area contributed by atoms with Crippen molar-refractivity contribution in [3.63, 3.8) is 0 Å². The molecular formula is C19H38N4O4. The highest BCUT2D eigenvalue weighted by Gasteiger charge is 2.22. The van der Waals surface area contributed by atoms with Crippen LogP contribution in [0.15, 0.2) is 4.99 Å². The highest BCUT2D eigenvalue weighted by molar-refractivity contribution is 5.80. The molecule has 1 heterocycles. The summed E-state index contributed by atoms with van der Waals surface area (Å²) in [6.45, 7) is 14.3. The number of amides is 1. The lowest BCUT2D eigenvalue weighted by atomic mass is 10.0. The molecule has 1 aliphatic heterocycles. The zero-order valence-corrected chi connectivity index (χ0v) is 17.9. The fourth-order valence-corrected chi connectivity index (χ4v) is 2.51. The normalized spacial score (nSPS) is 20.3. The van der Waals surface area contributed by atoms with Crippen LogP contribution >= 0.6 is 0 Å². The number of nitrogens with zero attached hydrogens (tertiary/aromatic N) is 1. The number of guanidine groups is 1. The van der Waals surface area contributed by atoms with Crippen LogP contribution in [-0.4, -0.2) is 69.3 Å². The van der Waals surface area contributed by atoms with Crippen LogP contribution in [0, 0.1) is 5.92 Å². The summed E-state index contributed by atoms with van der Waals surface area (Å²) in [6, 6.07) is 0.0220. The minimum Gasteiger partial charge on any atom is -0.444 e. The molecule has 0 aromatic rings. The zero-order valence-electron chi connectivity index (χ0n) is 17.9. The summed E-state index contributed by atoms with van der Waals surface area (Å²) >= 11 is 0. The topological polar surface area (TPSA) is 93.2 Å². The molecule has 0 aromatic carbocycles. The molecule has 8 nitrogen and oxygen atoms in total. The molecule has 0 radical (unpaired) electrons. The standard InChI is InChI=1S/C19H38N4O4/c1-13(2)16(23-18(24)27-19(4,5)6)10-21-17(20-7)22-14(3)11-26-15-8-9-25-12-15/h13-16H,8-12H2,1-7H3,(H,23,24)(H2,20,21,22). The molecule has 8 heteroatoms. The molecular weight excluding hydrogens is 348 g/mol. The molecule has 1 aliphatic rings. The van der Waals surface area contributed by atoms with Crippen LogP contribution in [-0.2, 0) is 14.2 Å². The predicted molar refractivity (Wildman–Crippen MR) is 107 cm³/mol. The summed E-state index contributed by atoms with van der Waals surface area (Å²) in [6.07, 6.45) is 0.727. The smallest absolute Gasteiger partial charge is 0.407 e. The van der Waals surface area contributed by atoms with Gasteiger partial charge in [-0.1, -0.05) is 13.8 Å². The molecule has 1 amide bonds. The Balaban J connectivity index is 2.41. The van der Waals surface area contributed by atoms with E-state index in [2.05, 4.69) is 34.8 Å². The van der Waals surface area contributed by atoms with Crippen LogP contribution in [0.1, 0.15) is 48.0 Å². The highest BCUT2D eigenvalue weighted by Crippen LogP contribution is 2.09. The van der Waals surface area contributed by atoms with E-state index >= 15 is 0 Å². The molecule has 0 bridgehead atoms. The number of carbonyl (C=O) groups is 1. The van der Waals surface area contributed by atoms with Gasteiger partial charge in [0, 0.05) is 26.2 Å². The van der Waals surface area contributed by atoms with Gasteiger partial charge in [0.1, 0.15) is 5.60 Å². The molecule has 1 fully saturated rings. The van der Waals surface area contributed by atoms with E-state index in [9.17, 15) is 4.79 Å². The van der Waals surface area contributed by atoms with Gasteiger partial charge in [0.25, 0.3) is 0 Å². The van der Waals surface area contributed by atoms with E-state index in [-0.39, 0.29) is 24.1 Å². The number of ether oxygens (including phenoxy) is 3. The third kappa shape index (κ3) is 10.4. The molecule has 158 valence electrons. The zero-order chi connectivity index (χ0) is 20.4. The van der Waals surface area contributed by atoms with Crippen LogP contribution in [0.4, 0.5) is 4.79 Å². The average Bonchev–Trinajstić information content (AvgIpc) is 3.06. The van der Waals surface area contributed by atoms with Crippen molar-refractivity contribution in [1.82, 2.24) is 16.0 Å². The van der Waals surface area contributed by atoms with Gasteiger partial charge in [0.05, 0.1) is 25.4 Å². The van der Waals surface area contributed by atoms with Crippen molar-refractivity contribution < 1.29 is 19.0 Å². The minimum absolute atomic E-state index is 0.0828. The molecule has 3 atom stereocenters. The van der Waals surface area contributed by atoms with E-state index in [0.717, 1.165) is 13.0 Å². The van der Waals surface area contributed by atoms with Crippen molar-refractivity contribution in [3.8, 4) is 0 Å². The van der Waals surface area contributed by atoms with Crippen molar-refractivity contribution in [3.05, 3.63) is 0 Å². The fourth-order valence-electron chi connectivity index (χ4n) is 2.51. The van der Waals surface area contributed by atoms with Gasteiger partial charge in [-0.3, -0.25) is 4.99 Å². The lowest BCUT2D eigenvalue weighted by molar-refractivity contribution is 0.0347. The number of aliphatic imine (C=N–C) groups is 1. The van der Waals surface area contributed by atoms with Gasteiger partial charge in [-0.2, -0.15) is 0 Å². The lowest BCUT2D eigenvalue weighted by Crippen LogP contribution is -2.51. The molecule has 3 N–H and O–H groups in total. The highest BCUT2D eigenvalue weighted by atomic mass is 16.6. The van der Waals surface area contributed by atoms with Gasteiger partial charge in [-0.15, -0.1) is 0 Å². The first-order valence-corrected chi connectivity index (χ1v) is 9.76. The molecule has 1 rings (SSSR count). The largest absolute Gasteiger partial charge is 0.444 e. The Morgan fingerprint density at radius 3 is 2.48 bits per heavy atom. The number of nitrogens with one attached hydrogen (secondary N) is 3. The fraction of sp³-hybridized carbons (Fsp3) is 0.895. The molecule has 3 unspecified atom stereocenters. The first-order valence-electron chi connectivity index (χ1n) is 9.76. The monoisotopic (exact) mass is 386 g/mol. The summed E-state index contributed by atoms with van der Waals surface area (Å²) in [5.41, 5.74) is -0.517. The van der Waals surface area contributed by atoms with Crippen LogP contribution in [0.2, 0.25) is 0 Å². The van der Waals surface area contributed by atoms with Gasteiger partial charge >= 0.3 is 6.09 Å². The van der Waals surface area contributed by atoms with Gasteiger partial charge < -0.3 is 30.2 Å². The second kappa shape index (κ2) is 11.3. The van der Waals surface area contributed by atoms with Crippen molar-refractivity contribution in [1.29, 1.82) is 0 Å². The van der Waals surface area contributed by atoms with E-state index in [1.165, 1.54) is 0 Å². The molecule has 0 aliphatic carbocycles. The number of alkyl carbamates (subject to hydrolysis) is 1. The average molecular weight is 387 g/mol. The minimum atomic E-state index is -0.517. The Kier molecular flexibility index (Phi) is 9.87. The van der Waals surface area contributed by atoms with Crippen molar-refractivity contribution in [2.45, 2.75) is 71.8 Å². The maximum absolute atomic E-state index is 12.0. The first kappa shape index (κ1) is 23.5. The van der Waals surface area contributed by atoms with Gasteiger partial charge in [0.2, 0.25) is 0 Å². The van der Waals surface area contributed by atoms with Crippen LogP contribution in [0.5, 0.6) is 0 Å². The van der Waals surface area contributed by atoms with E-state index in [4.69, 9.17) is 14.2 Å². The third-order valence-corrected chi connectivity index (χ3v) is 4.07. The summed E-state index contributed by atoms with van der Waals surface area (Å²) in [5.74, 6) is 0.914. The van der Waals surface area contributed by atoms with Crippen LogP contribution < -0.4 is 16.0 Å². The molecule has 27 heavy (non-hydrogen) atoms. The summed E-state index contributed by atoms with van der Waals surface area (Å²) < 4.78 is 16.5. The number of carbonyl (C=O) groups excluding carboxylic acids is 1. The van der Waals surface area contributed by atoms with Crippen LogP contribution in [0.25, 0.3) is 0 Å². The van der Waals surface area contributed by atoms with E-state index in [1.807, 2.05) is 27.7 Å². The molecule has 0 spiro atoms. The second-order valence-electron chi connectivity index (χ2n) is 8.31. The van der Waals surface area contributed by atoms with Crippen molar-refractivity contribution in [2.75, 3.05) is 33.4 Å². The molecule has 1 saturated heterocycles. The Morgan fingerprint density at radius 2 is 1.96 bits per heavy atom. The Morgan fingerprint density at radius 1 is 1.26 bits per heavy atom. The number of hydrogen-bond acceptors (Lipinski definition) is 5. The summed E-state index contributed by atoms with van der Waals surface area (Å²) in [4.78, 5) is 16.3. The predicted octanol–water partition coefficient (Wildman–Crippen LogP) is 1.89. The van der Waals surface area contributed by atoms with E-state index in [1.54, 1.807) is 7.05 Å². The van der Waals surface area contributed by atoms with E-state index in [0.29, 0.717) is 25.7 Å². The second-order valence-corrected chi connectivity index (χ2v) is 8.31. The van der Waals surface area contributed by atoms with Gasteiger partial charge in [-0.25, -0.2) is 4.79 Å². The van der Waals surface area contributed by atoms with E-state index < -0.39 is 11.7 Å². The number of hydrogen-bond donors (Lipinski definition) is 3. The Labute approximate surface area is 163 Å². The van der Waals surface area contributed by atoms with Crippen molar-refractivity contribution in [2.24, 2.45) is 10.9 Å².